The molecule has 1 aliphatic carbocycles. The van der Waals surface area contributed by atoms with E-state index in [1.54, 1.807) is 11.3 Å². The lowest BCUT2D eigenvalue weighted by Crippen LogP contribution is -2.50. The van der Waals surface area contributed by atoms with Gasteiger partial charge >= 0.3 is 0 Å². The summed E-state index contributed by atoms with van der Waals surface area (Å²) in [5.41, 5.74) is 5.13. The minimum absolute atomic E-state index is 0.142. The molecule has 1 unspecified atom stereocenters. The molecule has 1 saturated carbocycles. The third-order valence-corrected chi connectivity index (χ3v) is 6.09. The van der Waals surface area contributed by atoms with Gasteiger partial charge in [-0.15, -0.1) is 11.3 Å². The highest BCUT2D eigenvalue weighted by Gasteiger charge is 2.49. The van der Waals surface area contributed by atoms with Crippen molar-refractivity contribution in [1.29, 1.82) is 0 Å². The number of rotatable bonds is 3. The second-order valence-corrected chi connectivity index (χ2v) is 7.44. The number of thiophene rings is 1. The van der Waals surface area contributed by atoms with Gasteiger partial charge in [0.15, 0.2) is 0 Å². The highest BCUT2D eigenvalue weighted by molar-refractivity contribution is 7.12. The van der Waals surface area contributed by atoms with E-state index in [4.69, 9.17) is 5.73 Å². The maximum atomic E-state index is 11.1. The van der Waals surface area contributed by atoms with Gasteiger partial charge in [0.05, 0.1) is 0 Å². The monoisotopic (exact) mass is 267 g/mol. The van der Waals surface area contributed by atoms with Gasteiger partial charge in [-0.1, -0.05) is 19.8 Å². The van der Waals surface area contributed by atoms with Crippen molar-refractivity contribution in [3.63, 3.8) is 0 Å². The fourth-order valence-electron chi connectivity index (χ4n) is 3.16. The molecule has 1 aliphatic rings. The summed E-state index contributed by atoms with van der Waals surface area (Å²) in [4.78, 5) is 2.32. The topological polar surface area (TPSA) is 46.2 Å². The zero-order chi connectivity index (χ0) is 13.4. The SMILES string of the molecule is Cc1ccc(C(C)(O)C2(CN)CCC(C)CC2)s1. The van der Waals surface area contributed by atoms with Crippen LogP contribution in [0, 0.1) is 18.3 Å². The molecule has 2 nitrogen and oxygen atoms in total. The molecule has 1 atom stereocenters. The summed E-state index contributed by atoms with van der Waals surface area (Å²) in [6.07, 6.45) is 4.43. The van der Waals surface area contributed by atoms with Gasteiger partial charge in [-0.05, 0) is 44.7 Å². The van der Waals surface area contributed by atoms with Gasteiger partial charge in [0.1, 0.15) is 5.60 Å². The van der Waals surface area contributed by atoms with Crippen LogP contribution in [0.2, 0.25) is 0 Å². The molecule has 0 aliphatic heterocycles. The first kappa shape index (κ1) is 14.0. The van der Waals surface area contributed by atoms with Crippen LogP contribution in [0.15, 0.2) is 12.1 Å². The Labute approximate surface area is 114 Å². The van der Waals surface area contributed by atoms with E-state index in [0.29, 0.717) is 6.54 Å². The fraction of sp³-hybridized carbons (Fsp3) is 0.733. The van der Waals surface area contributed by atoms with Crippen LogP contribution in [0.4, 0.5) is 0 Å². The van der Waals surface area contributed by atoms with E-state index in [1.807, 2.05) is 6.92 Å². The van der Waals surface area contributed by atoms with Crippen LogP contribution in [0.25, 0.3) is 0 Å². The van der Waals surface area contributed by atoms with E-state index in [9.17, 15) is 5.11 Å². The third kappa shape index (κ3) is 2.24. The van der Waals surface area contributed by atoms with Crippen molar-refractivity contribution in [2.24, 2.45) is 17.1 Å². The maximum Gasteiger partial charge on any atom is 0.103 e. The summed E-state index contributed by atoms with van der Waals surface area (Å²) < 4.78 is 0. The zero-order valence-corrected chi connectivity index (χ0v) is 12.5. The molecule has 0 radical (unpaired) electrons. The average Bonchev–Trinajstić information content (AvgIpc) is 2.78. The minimum atomic E-state index is -0.791. The molecule has 102 valence electrons. The van der Waals surface area contributed by atoms with E-state index in [1.165, 1.54) is 17.7 Å². The lowest BCUT2D eigenvalue weighted by Gasteiger charge is -2.48. The van der Waals surface area contributed by atoms with E-state index in [0.717, 1.165) is 23.6 Å². The second-order valence-electron chi connectivity index (χ2n) is 6.15. The standard InChI is InChI=1S/C15H25NOS/c1-11-6-8-15(10-16,9-7-11)14(3,17)13-5-4-12(2)18-13/h4-5,11,17H,6-10,16H2,1-3H3. The molecule has 18 heavy (non-hydrogen) atoms. The average molecular weight is 267 g/mol. The van der Waals surface area contributed by atoms with Gasteiger partial charge in [-0.2, -0.15) is 0 Å². The highest BCUT2D eigenvalue weighted by Crippen LogP contribution is 2.51. The van der Waals surface area contributed by atoms with Crippen molar-refractivity contribution >= 4 is 11.3 Å². The quantitative estimate of drug-likeness (QED) is 0.881. The Bertz CT molecular complexity index is 402. The number of nitrogens with two attached hydrogens (primary N) is 1. The van der Waals surface area contributed by atoms with Crippen molar-refractivity contribution in [2.45, 2.75) is 52.1 Å². The van der Waals surface area contributed by atoms with E-state index >= 15 is 0 Å². The van der Waals surface area contributed by atoms with Crippen LogP contribution in [-0.4, -0.2) is 11.7 Å². The van der Waals surface area contributed by atoms with Crippen molar-refractivity contribution in [2.75, 3.05) is 6.54 Å². The first-order chi connectivity index (χ1) is 8.41. The van der Waals surface area contributed by atoms with Gasteiger partial charge in [-0.25, -0.2) is 0 Å². The van der Waals surface area contributed by atoms with Gasteiger partial charge < -0.3 is 10.8 Å². The summed E-state index contributed by atoms with van der Waals surface area (Å²) in [5.74, 6) is 0.769. The van der Waals surface area contributed by atoms with Gasteiger partial charge in [0.2, 0.25) is 0 Å². The number of aliphatic hydroxyl groups is 1. The zero-order valence-electron chi connectivity index (χ0n) is 11.7. The van der Waals surface area contributed by atoms with Crippen LogP contribution in [0.1, 0.15) is 49.3 Å². The maximum absolute atomic E-state index is 11.1. The molecule has 0 spiro atoms. The fourth-order valence-corrected chi connectivity index (χ4v) is 4.20. The summed E-state index contributed by atoms with van der Waals surface area (Å²) in [5, 5.41) is 11.1. The summed E-state index contributed by atoms with van der Waals surface area (Å²) >= 11 is 1.70. The van der Waals surface area contributed by atoms with E-state index < -0.39 is 5.60 Å². The molecule has 0 aromatic carbocycles. The minimum Gasteiger partial charge on any atom is -0.384 e. The molecule has 3 N–H and O–H groups in total. The molecular weight excluding hydrogens is 242 g/mol. The smallest absolute Gasteiger partial charge is 0.103 e. The Morgan fingerprint density at radius 1 is 1.44 bits per heavy atom. The molecule has 3 heteroatoms. The molecule has 1 fully saturated rings. The third-order valence-electron chi connectivity index (χ3n) is 4.87. The molecule has 0 amide bonds. The molecule has 2 rings (SSSR count). The predicted molar refractivity (Wildman–Crippen MR) is 77.7 cm³/mol. The highest BCUT2D eigenvalue weighted by atomic mass is 32.1. The molecule has 1 heterocycles. The first-order valence-corrected chi connectivity index (χ1v) is 7.72. The van der Waals surface area contributed by atoms with Crippen LogP contribution < -0.4 is 5.73 Å². The summed E-state index contributed by atoms with van der Waals surface area (Å²) in [6, 6.07) is 4.15. The largest absolute Gasteiger partial charge is 0.384 e. The Morgan fingerprint density at radius 2 is 2.06 bits per heavy atom. The number of hydrogen-bond donors (Lipinski definition) is 2. The summed E-state index contributed by atoms with van der Waals surface area (Å²) in [7, 11) is 0. The van der Waals surface area contributed by atoms with Crippen LogP contribution >= 0.6 is 11.3 Å². The molecule has 1 aromatic rings. The second kappa shape index (κ2) is 4.95. The Kier molecular flexibility index (Phi) is 3.86. The summed E-state index contributed by atoms with van der Waals surface area (Å²) in [6.45, 7) is 6.91. The normalized spacial score (nSPS) is 32.2. The van der Waals surface area contributed by atoms with Crippen molar-refractivity contribution in [3.05, 3.63) is 21.9 Å². The van der Waals surface area contributed by atoms with Crippen molar-refractivity contribution in [1.82, 2.24) is 0 Å². The van der Waals surface area contributed by atoms with Gasteiger partial charge in [0, 0.05) is 21.7 Å². The molecule has 1 aromatic heterocycles. The van der Waals surface area contributed by atoms with Gasteiger partial charge in [0.25, 0.3) is 0 Å². The van der Waals surface area contributed by atoms with Crippen molar-refractivity contribution in [3.8, 4) is 0 Å². The molecule has 0 saturated heterocycles. The lowest BCUT2D eigenvalue weighted by atomic mass is 9.61. The Hall–Kier alpha value is -0.380. The van der Waals surface area contributed by atoms with E-state index in [-0.39, 0.29) is 5.41 Å². The van der Waals surface area contributed by atoms with Crippen molar-refractivity contribution < 1.29 is 5.11 Å². The van der Waals surface area contributed by atoms with Gasteiger partial charge in [-0.3, -0.25) is 0 Å². The lowest BCUT2D eigenvalue weighted by molar-refractivity contribution is -0.0944. The molecule has 0 bridgehead atoms. The van der Waals surface area contributed by atoms with Crippen LogP contribution in [0.5, 0.6) is 0 Å². The number of hydrogen-bond acceptors (Lipinski definition) is 3. The molecular formula is C15H25NOS. The first-order valence-electron chi connectivity index (χ1n) is 6.91. The Balaban J connectivity index is 2.31. The van der Waals surface area contributed by atoms with Crippen LogP contribution in [0.3, 0.4) is 0 Å². The Morgan fingerprint density at radius 3 is 2.50 bits per heavy atom. The van der Waals surface area contributed by atoms with Crippen LogP contribution in [-0.2, 0) is 5.60 Å². The number of aryl methyl sites for hydroxylation is 1. The van der Waals surface area contributed by atoms with E-state index in [2.05, 4.69) is 26.0 Å². The predicted octanol–water partition coefficient (Wildman–Crippen LogP) is 3.42.